The highest BCUT2D eigenvalue weighted by Gasteiger charge is 2.16. The largest absolute Gasteiger partial charge is 0.482 e. The van der Waals surface area contributed by atoms with E-state index in [1.54, 1.807) is 24.3 Å². The summed E-state index contributed by atoms with van der Waals surface area (Å²) < 4.78 is 6.38. The summed E-state index contributed by atoms with van der Waals surface area (Å²) in [5.74, 6) is 0.396. The molecule has 0 heterocycles. The molecule has 0 N–H and O–H groups in total. The Hall–Kier alpha value is -1.30. The number of alkyl halides is 1. The van der Waals surface area contributed by atoms with E-state index < -0.39 is 4.92 Å². The topological polar surface area (TPSA) is 52.4 Å². The van der Waals surface area contributed by atoms with Gasteiger partial charge in [0.2, 0.25) is 0 Å². The van der Waals surface area contributed by atoms with E-state index >= 15 is 0 Å². The van der Waals surface area contributed by atoms with Gasteiger partial charge in [0, 0.05) is 27.0 Å². The van der Waals surface area contributed by atoms with Gasteiger partial charge in [-0.3, -0.25) is 10.1 Å². The van der Waals surface area contributed by atoms with Crippen LogP contribution in [0.2, 0.25) is 5.02 Å². The van der Waals surface area contributed by atoms with Crippen molar-refractivity contribution in [3.05, 3.63) is 67.1 Å². The third kappa shape index (κ3) is 4.09. The molecule has 0 radical (unpaired) electrons. The van der Waals surface area contributed by atoms with Gasteiger partial charge >= 0.3 is 5.69 Å². The van der Waals surface area contributed by atoms with E-state index in [-0.39, 0.29) is 23.9 Å². The smallest absolute Gasteiger partial charge is 0.311 e. The Morgan fingerprint density at radius 2 is 2.00 bits per heavy atom. The maximum atomic E-state index is 11.1. The lowest BCUT2D eigenvalue weighted by atomic mass is 10.2. The average molecular weight is 391 g/mol. The number of rotatable bonds is 5. The molecule has 0 bridgehead atoms. The van der Waals surface area contributed by atoms with Crippen LogP contribution in [0.5, 0.6) is 5.75 Å². The molecule has 0 amide bonds. The Labute approximate surface area is 139 Å². The number of ether oxygens (including phenoxy) is 1. The van der Waals surface area contributed by atoms with Crippen molar-refractivity contribution >= 4 is 44.8 Å². The summed E-state index contributed by atoms with van der Waals surface area (Å²) in [7, 11) is 0. The van der Waals surface area contributed by atoms with E-state index in [1.165, 1.54) is 6.07 Å². The van der Waals surface area contributed by atoms with Crippen LogP contribution in [0.4, 0.5) is 5.69 Å². The van der Waals surface area contributed by atoms with Crippen LogP contribution >= 0.6 is 39.1 Å². The number of nitro benzene ring substituents is 1. The minimum absolute atomic E-state index is 0.110. The Bertz CT molecular complexity index is 679. The van der Waals surface area contributed by atoms with Crippen molar-refractivity contribution in [3.8, 4) is 5.75 Å². The Kier molecular flexibility index (Phi) is 5.45. The minimum atomic E-state index is -0.491. The first kappa shape index (κ1) is 16.1. The van der Waals surface area contributed by atoms with Gasteiger partial charge in [0.25, 0.3) is 0 Å². The van der Waals surface area contributed by atoms with Gasteiger partial charge in [-0.1, -0.05) is 39.7 Å². The van der Waals surface area contributed by atoms with Gasteiger partial charge in [-0.2, -0.15) is 0 Å². The molecular formula is C14H10BrCl2NO3. The summed E-state index contributed by atoms with van der Waals surface area (Å²) in [5.41, 5.74) is 1.30. The number of nitrogens with zero attached hydrogens (tertiary/aromatic N) is 1. The second kappa shape index (κ2) is 7.11. The summed E-state index contributed by atoms with van der Waals surface area (Å²) in [6.07, 6.45) is 0. The zero-order chi connectivity index (χ0) is 15.4. The lowest BCUT2D eigenvalue weighted by Crippen LogP contribution is -2.00. The zero-order valence-electron chi connectivity index (χ0n) is 10.7. The molecule has 7 heteroatoms. The number of nitro groups is 1. The maximum absolute atomic E-state index is 11.1. The number of hydrogen-bond donors (Lipinski definition) is 0. The molecule has 0 fully saturated rings. The molecular weight excluding hydrogens is 381 g/mol. The molecule has 0 saturated heterocycles. The number of benzene rings is 2. The molecule has 0 aliphatic carbocycles. The first-order valence-corrected chi connectivity index (χ1v) is 7.62. The molecule has 4 nitrogen and oxygen atoms in total. The third-order valence-corrected chi connectivity index (χ3v) is 3.93. The minimum Gasteiger partial charge on any atom is -0.482 e. The fraction of sp³-hybridized carbons (Fsp3) is 0.143. The van der Waals surface area contributed by atoms with Crippen molar-refractivity contribution < 1.29 is 9.66 Å². The van der Waals surface area contributed by atoms with E-state index in [9.17, 15) is 10.1 Å². The maximum Gasteiger partial charge on any atom is 0.311 e. The molecule has 0 aromatic heterocycles. The van der Waals surface area contributed by atoms with E-state index in [2.05, 4.69) is 15.9 Å². The van der Waals surface area contributed by atoms with Gasteiger partial charge in [-0.05, 0) is 23.8 Å². The van der Waals surface area contributed by atoms with Crippen LogP contribution in [0.1, 0.15) is 11.1 Å². The van der Waals surface area contributed by atoms with Gasteiger partial charge in [-0.15, -0.1) is 11.6 Å². The highest BCUT2D eigenvalue weighted by molar-refractivity contribution is 9.10. The van der Waals surface area contributed by atoms with Gasteiger partial charge in [0.1, 0.15) is 6.61 Å². The fourth-order valence-electron chi connectivity index (χ4n) is 1.71. The van der Waals surface area contributed by atoms with Crippen molar-refractivity contribution in [1.29, 1.82) is 0 Å². The van der Waals surface area contributed by atoms with Crippen molar-refractivity contribution in [2.45, 2.75) is 12.5 Å². The lowest BCUT2D eigenvalue weighted by Gasteiger charge is -2.09. The van der Waals surface area contributed by atoms with Crippen LogP contribution in [0.3, 0.4) is 0 Å². The highest BCUT2D eigenvalue weighted by atomic mass is 79.9. The standard InChI is InChI=1S/C14H10BrCl2NO3/c15-11-3-2-10(12(17)6-11)8-21-14-4-1-9(7-16)5-13(14)18(19)20/h1-6H,7-8H2. The molecule has 0 spiro atoms. The Morgan fingerprint density at radius 3 is 2.62 bits per heavy atom. The van der Waals surface area contributed by atoms with Crippen LogP contribution in [-0.2, 0) is 12.5 Å². The van der Waals surface area contributed by atoms with Gasteiger partial charge in [-0.25, -0.2) is 0 Å². The molecule has 110 valence electrons. The van der Waals surface area contributed by atoms with Crippen LogP contribution in [0, 0.1) is 10.1 Å². The Balaban J connectivity index is 2.21. The normalized spacial score (nSPS) is 10.4. The summed E-state index contributed by atoms with van der Waals surface area (Å²) in [4.78, 5) is 10.6. The van der Waals surface area contributed by atoms with Crippen LogP contribution < -0.4 is 4.74 Å². The second-order valence-corrected chi connectivity index (χ2v) is 5.81. The van der Waals surface area contributed by atoms with E-state index in [0.29, 0.717) is 10.6 Å². The van der Waals surface area contributed by atoms with E-state index in [0.717, 1.165) is 10.0 Å². The summed E-state index contributed by atoms with van der Waals surface area (Å²) in [5, 5.41) is 11.6. The SMILES string of the molecule is O=[N+]([O-])c1cc(CCl)ccc1OCc1ccc(Br)cc1Cl. The molecule has 0 aliphatic heterocycles. The number of hydrogen-bond acceptors (Lipinski definition) is 3. The first-order chi connectivity index (χ1) is 10.0. The van der Waals surface area contributed by atoms with Crippen molar-refractivity contribution in [1.82, 2.24) is 0 Å². The zero-order valence-corrected chi connectivity index (χ0v) is 13.8. The molecule has 2 aromatic carbocycles. The van der Waals surface area contributed by atoms with Gasteiger partial charge in [0.15, 0.2) is 5.75 Å². The predicted octanol–water partition coefficient (Wildman–Crippen LogP) is 5.33. The van der Waals surface area contributed by atoms with Gasteiger partial charge in [0.05, 0.1) is 4.92 Å². The molecule has 0 unspecified atom stereocenters. The fourth-order valence-corrected chi connectivity index (χ4v) is 2.60. The van der Waals surface area contributed by atoms with E-state index in [1.807, 2.05) is 6.07 Å². The second-order valence-electron chi connectivity index (χ2n) is 4.22. The highest BCUT2D eigenvalue weighted by Crippen LogP contribution is 2.30. The van der Waals surface area contributed by atoms with Crippen molar-refractivity contribution in [2.24, 2.45) is 0 Å². The summed E-state index contributed by atoms with van der Waals surface area (Å²) >= 11 is 15.1. The predicted molar refractivity (Wildman–Crippen MR) is 86.1 cm³/mol. The molecule has 2 rings (SSSR count). The molecule has 2 aromatic rings. The van der Waals surface area contributed by atoms with Crippen molar-refractivity contribution in [3.63, 3.8) is 0 Å². The van der Waals surface area contributed by atoms with Crippen molar-refractivity contribution in [2.75, 3.05) is 0 Å². The molecule has 0 saturated carbocycles. The summed E-state index contributed by atoms with van der Waals surface area (Å²) in [6, 6.07) is 10.0. The first-order valence-electron chi connectivity index (χ1n) is 5.91. The van der Waals surface area contributed by atoms with E-state index in [4.69, 9.17) is 27.9 Å². The molecule has 21 heavy (non-hydrogen) atoms. The molecule has 0 aliphatic rings. The quantitative estimate of drug-likeness (QED) is 0.394. The Morgan fingerprint density at radius 1 is 1.24 bits per heavy atom. The third-order valence-electron chi connectivity index (χ3n) is 2.77. The van der Waals surface area contributed by atoms with Gasteiger partial charge < -0.3 is 4.74 Å². The van der Waals surface area contributed by atoms with Crippen LogP contribution in [0.25, 0.3) is 0 Å². The van der Waals surface area contributed by atoms with Crippen LogP contribution in [-0.4, -0.2) is 4.92 Å². The summed E-state index contributed by atoms with van der Waals surface area (Å²) in [6.45, 7) is 0.146. The molecule has 0 atom stereocenters. The lowest BCUT2D eigenvalue weighted by molar-refractivity contribution is -0.386. The number of halogens is 3. The average Bonchev–Trinajstić information content (AvgIpc) is 2.46. The monoisotopic (exact) mass is 389 g/mol. The van der Waals surface area contributed by atoms with Crippen LogP contribution in [0.15, 0.2) is 40.9 Å².